The normalized spacial score (nSPS) is 31.7. The zero-order chi connectivity index (χ0) is 17.9. The number of carbonyl (C=O) groups is 2. The van der Waals surface area contributed by atoms with E-state index in [0.717, 1.165) is 16.5 Å². The molecule has 2 aromatic rings. The Labute approximate surface area is 151 Å². The Balaban J connectivity index is 1.58. The van der Waals surface area contributed by atoms with Crippen LogP contribution >= 0.6 is 0 Å². The van der Waals surface area contributed by atoms with Crippen LogP contribution in [0.5, 0.6) is 0 Å². The summed E-state index contributed by atoms with van der Waals surface area (Å²) in [5.74, 6) is -1.49. The van der Waals surface area contributed by atoms with Crippen LogP contribution in [0.1, 0.15) is 6.92 Å². The quantitative estimate of drug-likeness (QED) is 0.631. The molecule has 5 rings (SSSR count). The molecule has 1 unspecified atom stereocenters. The molecular weight excluding hydrogens is 330 g/mol. The maximum atomic E-state index is 13.3. The van der Waals surface area contributed by atoms with Gasteiger partial charge in [-0.15, -0.1) is 0 Å². The predicted molar refractivity (Wildman–Crippen MR) is 96.7 cm³/mol. The van der Waals surface area contributed by atoms with Gasteiger partial charge >= 0.3 is 5.97 Å². The molecule has 0 aliphatic carbocycles. The molecule has 1 spiro atoms. The van der Waals surface area contributed by atoms with Crippen molar-refractivity contribution in [2.24, 2.45) is 11.8 Å². The van der Waals surface area contributed by atoms with Crippen LogP contribution < -0.4 is 4.90 Å². The van der Waals surface area contributed by atoms with E-state index in [0.29, 0.717) is 13.2 Å². The highest BCUT2D eigenvalue weighted by Gasteiger charge is 2.67. The smallest absolute Gasteiger partial charge is 0.312 e. The van der Waals surface area contributed by atoms with Crippen LogP contribution in [0.3, 0.4) is 0 Å². The first-order valence-electron chi connectivity index (χ1n) is 8.97. The van der Waals surface area contributed by atoms with Gasteiger partial charge in [-0.25, -0.2) is 0 Å². The average molecular weight is 349 g/mol. The van der Waals surface area contributed by atoms with E-state index in [9.17, 15) is 9.59 Å². The minimum atomic E-state index is -0.726. The van der Waals surface area contributed by atoms with Crippen molar-refractivity contribution >= 4 is 28.3 Å². The minimum Gasteiger partial charge on any atom is -0.466 e. The molecule has 4 atom stereocenters. The van der Waals surface area contributed by atoms with Crippen LogP contribution in [0.25, 0.3) is 10.8 Å². The van der Waals surface area contributed by atoms with E-state index in [2.05, 4.69) is 0 Å². The Bertz CT molecular complexity index is 947. The molecule has 2 aromatic carbocycles. The standard InChI is InChI=1S/C21H19NO4/c1-2-25-20(24)17-16-10-11-21(26-16)12-22(19(23)18(17)21)15-9-5-7-13-6-3-4-8-14(13)15/h3-11,16-18H,2,12H2,1H3/t16-,17?,18-,21+/m0/s1. The van der Waals surface area contributed by atoms with E-state index >= 15 is 0 Å². The summed E-state index contributed by atoms with van der Waals surface area (Å²) in [6.45, 7) is 2.50. The number of anilines is 1. The second-order valence-electron chi connectivity index (χ2n) is 7.07. The van der Waals surface area contributed by atoms with Gasteiger partial charge in [0, 0.05) is 5.39 Å². The first-order valence-corrected chi connectivity index (χ1v) is 8.97. The van der Waals surface area contributed by atoms with Gasteiger partial charge in [-0.1, -0.05) is 48.6 Å². The van der Waals surface area contributed by atoms with Gasteiger partial charge in [0.2, 0.25) is 5.91 Å². The summed E-state index contributed by atoms with van der Waals surface area (Å²) < 4.78 is 11.3. The lowest BCUT2D eigenvalue weighted by Gasteiger charge is -2.22. The molecule has 132 valence electrons. The van der Waals surface area contributed by atoms with E-state index < -0.39 is 17.4 Å². The van der Waals surface area contributed by atoms with Gasteiger partial charge in [-0.2, -0.15) is 0 Å². The molecule has 2 saturated heterocycles. The van der Waals surface area contributed by atoms with Crippen molar-refractivity contribution in [1.82, 2.24) is 0 Å². The van der Waals surface area contributed by atoms with E-state index in [-0.39, 0.29) is 18.0 Å². The third-order valence-corrected chi connectivity index (χ3v) is 5.72. The Morgan fingerprint density at radius 3 is 2.92 bits per heavy atom. The summed E-state index contributed by atoms with van der Waals surface area (Å²) in [4.78, 5) is 27.6. The highest BCUT2D eigenvalue weighted by molar-refractivity contribution is 6.08. The summed E-state index contributed by atoms with van der Waals surface area (Å²) in [6.07, 6.45) is 3.50. The van der Waals surface area contributed by atoms with Crippen molar-refractivity contribution in [3.63, 3.8) is 0 Å². The lowest BCUT2D eigenvalue weighted by atomic mass is 9.77. The first kappa shape index (κ1) is 15.6. The summed E-state index contributed by atoms with van der Waals surface area (Å²) in [6, 6.07) is 13.9. The SMILES string of the molecule is CCOC(=O)C1[C@@H]2C=C[C@]3(CN(c4cccc5ccccc45)C(=O)[C@H]13)O2. The molecule has 5 nitrogen and oxygen atoms in total. The van der Waals surface area contributed by atoms with Crippen LogP contribution in [0.15, 0.2) is 54.6 Å². The van der Waals surface area contributed by atoms with Crippen LogP contribution in [0, 0.1) is 11.8 Å². The number of ether oxygens (including phenoxy) is 2. The number of benzene rings is 2. The maximum Gasteiger partial charge on any atom is 0.312 e. The molecule has 2 bridgehead atoms. The highest BCUT2D eigenvalue weighted by atomic mass is 16.6. The molecule has 0 aromatic heterocycles. The molecule has 3 aliphatic rings. The van der Waals surface area contributed by atoms with Crippen LogP contribution in [0.4, 0.5) is 5.69 Å². The number of amides is 1. The van der Waals surface area contributed by atoms with Gasteiger partial charge in [-0.05, 0) is 18.4 Å². The van der Waals surface area contributed by atoms with E-state index in [1.165, 1.54) is 0 Å². The number of carbonyl (C=O) groups excluding carboxylic acids is 2. The fourth-order valence-electron chi connectivity index (χ4n) is 4.65. The molecule has 2 fully saturated rings. The molecule has 3 heterocycles. The van der Waals surface area contributed by atoms with Crippen molar-refractivity contribution in [2.45, 2.75) is 18.6 Å². The number of nitrogens with zero attached hydrogens (tertiary/aromatic N) is 1. The summed E-state index contributed by atoms with van der Waals surface area (Å²) in [7, 11) is 0. The molecular formula is C21H19NO4. The van der Waals surface area contributed by atoms with Gasteiger partial charge in [-0.3, -0.25) is 9.59 Å². The second kappa shape index (κ2) is 5.42. The summed E-state index contributed by atoms with van der Waals surface area (Å²) in [5, 5.41) is 2.10. The van der Waals surface area contributed by atoms with Crippen LogP contribution in [0.2, 0.25) is 0 Å². The molecule has 3 aliphatic heterocycles. The number of hydrogen-bond donors (Lipinski definition) is 0. The van der Waals surface area contributed by atoms with Gasteiger partial charge < -0.3 is 14.4 Å². The molecule has 0 radical (unpaired) electrons. The molecule has 5 heteroatoms. The average Bonchev–Trinajstić information content (AvgIpc) is 3.30. The third-order valence-electron chi connectivity index (χ3n) is 5.72. The largest absolute Gasteiger partial charge is 0.466 e. The van der Waals surface area contributed by atoms with Crippen molar-refractivity contribution in [3.8, 4) is 0 Å². The van der Waals surface area contributed by atoms with Gasteiger partial charge in [0.05, 0.1) is 30.9 Å². The molecule has 26 heavy (non-hydrogen) atoms. The lowest BCUT2D eigenvalue weighted by Crippen LogP contribution is -2.40. The Kier molecular flexibility index (Phi) is 3.25. The summed E-state index contributed by atoms with van der Waals surface area (Å²) in [5.41, 5.74) is 0.135. The zero-order valence-corrected chi connectivity index (χ0v) is 14.4. The van der Waals surface area contributed by atoms with Crippen molar-refractivity contribution < 1.29 is 19.1 Å². The minimum absolute atomic E-state index is 0.0637. The highest BCUT2D eigenvalue weighted by Crippen LogP contribution is 2.53. The Hall–Kier alpha value is -2.66. The number of fused-ring (bicyclic) bond motifs is 2. The first-order chi connectivity index (χ1) is 12.6. The molecule has 0 saturated carbocycles. The number of rotatable bonds is 3. The topological polar surface area (TPSA) is 55.8 Å². The maximum absolute atomic E-state index is 13.3. The Morgan fingerprint density at radius 1 is 1.27 bits per heavy atom. The number of hydrogen-bond acceptors (Lipinski definition) is 4. The number of esters is 1. The summed E-state index contributed by atoms with van der Waals surface area (Å²) >= 11 is 0. The second-order valence-corrected chi connectivity index (χ2v) is 7.07. The molecule has 1 amide bonds. The lowest BCUT2D eigenvalue weighted by molar-refractivity contribution is -0.151. The third kappa shape index (κ3) is 1.95. The monoisotopic (exact) mass is 349 g/mol. The zero-order valence-electron chi connectivity index (χ0n) is 14.4. The van der Waals surface area contributed by atoms with Gasteiger partial charge in [0.15, 0.2) is 0 Å². The van der Waals surface area contributed by atoms with Crippen molar-refractivity contribution in [1.29, 1.82) is 0 Å². The van der Waals surface area contributed by atoms with E-state index in [1.807, 2.05) is 54.6 Å². The fourth-order valence-corrected chi connectivity index (χ4v) is 4.65. The van der Waals surface area contributed by atoms with Crippen LogP contribution in [-0.2, 0) is 19.1 Å². The van der Waals surface area contributed by atoms with Gasteiger partial charge in [0.25, 0.3) is 0 Å². The van der Waals surface area contributed by atoms with Crippen molar-refractivity contribution in [3.05, 3.63) is 54.6 Å². The predicted octanol–water partition coefficient (Wildman–Crippen LogP) is 2.69. The van der Waals surface area contributed by atoms with E-state index in [1.54, 1.807) is 11.8 Å². The molecule has 0 N–H and O–H groups in total. The van der Waals surface area contributed by atoms with Crippen LogP contribution in [-0.4, -0.2) is 36.7 Å². The van der Waals surface area contributed by atoms with Gasteiger partial charge in [0.1, 0.15) is 11.5 Å². The fraction of sp³-hybridized carbons (Fsp3) is 0.333. The van der Waals surface area contributed by atoms with Crippen molar-refractivity contribution in [2.75, 3.05) is 18.1 Å². The van der Waals surface area contributed by atoms with E-state index in [4.69, 9.17) is 9.47 Å². The Morgan fingerprint density at radius 2 is 2.08 bits per heavy atom.